The van der Waals surface area contributed by atoms with E-state index >= 15 is 0 Å². The average molecular weight is 495 g/mol. The van der Waals surface area contributed by atoms with Crippen molar-refractivity contribution in [2.75, 3.05) is 13.7 Å². The van der Waals surface area contributed by atoms with Crippen LogP contribution in [0.15, 0.2) is 0 Å². The summed E-state index contributed by atoms with van der Waals surface area (Å²) < 4.78 is 16.0. The topological polar surface area (TPSA) is 163 Å². The van der Waals surface area contributed by atoms with E-state index in [-0.39, 0.29) is 43.3 Å². The van der Waals surface area contributed by atoms with E-state index in [0.29, 0.717) is 12.8 Å². The van der Waals surface area contributed by atoms with Crippen molar-refractivity contribution in [1.82, 2.24) is 0 Å². The van der Waals surface area contributed by atoms with E-state index in [1.54, 1.807) is 0 Å². The molecule has 0 spiro atoms. The molecule has 0 aliphatic heterocycles. The van der Waals surface area contributed by atoms with Crippen LogP contribution in [0.2, 0.25) is 0 Å². The van der Waals surface area contributed by atoms with Crippen molar-refractivity contribution in [2.24, 2.45) is 11.8 Å². The summed E-state index contributed by atoms with van der Waals surface area (Å²) in [6.07, 6.45) is -6.37. The number of hydrogen-bond acceptors (Lipinski definition) is 10. The fraction of sp³-hybridized carbons (Fsp3) is 0.917. The Morgan fingerprint density at radius 2 is 1.32 bits per heavy atom. The van der Waals surface area contributed by atoms with Crippen molar-refractivity contribution in [3.63, 3.8) is 0 Å². The summed E-state index contributed by atoms with van der Waals surface area (Å²) in [6, 6.07) is 0. The van der Waals surface area contributed by atoms with Crippen molar-refractivity contribution >= 4 is 11.8 Å². The van der Waals surface area contributed by atoms with E-state index in [9.17, 15) is 35.1 Å². The van der Waals surface area contributed by atoms with Crippen LogP contribution in [0, 0.1) is 11.8 Å². The molecule has 2 unspecified atom stereocenters. The molecule has 0 aliphatic carbocycles. The Hall–Kier alpha value is -1.14. The van der Waals surface area contributed by atoms with Gasteiger partial charge in [0, 0.05) is 26.4 Å². The fourth-order valence-electron chi connectivity index (χ4n) is 3.55. The highest BCUT2D eigenvalue weighted by Gasteiger charge is 2.32. The van der Waals surface area contributed by atoms with Crippen molar-refractivity contribution in [2.45, 2.75) is 116 Å². The predicted octanol–water partition coefficient (Wildman–Crippen LogP) is 0.933. The van der Waals surface area contributed by atoms with E-state index in [1.165, 1.54) is 14.0 Å². The Kier molecular flexibility index (Phi) is 16.7. The summed E-state index contributed by atoms with van der Waals surface area (Å²) in [7, 11) is 1.28. The number of aliphatic hydroxyl groups excluding tert-OH is 5. The van der Waals surface area contributed by atoms with E-state index in [0.717, 1.165) is 0 Å². The van der Waals surface area contributed by atoms with Gasteiger partial charge in [0.2, 0.25) is 0 Å². The lowest BCUT2D eigenvalue weighted by molar-refractivity contribution is -0.227. The van der Waals surface area contributed by atoms with Crippen LogP contribution in [0.4, 0.5) is 0 Å². The molecule has 5 N–H and O–H groups in total. The molecule has 0 saturated heterocycles. The zero-order valence-corrected chi connectivity index (χ0v) is 21.4. The smallest absolute Gasteiger partial charge is 0.308 e. The lowest BCUT2D eigenvalue weighted by atomic mass is 9.94. The van der Waals surface area contributed by atoms with Gasteiger partial charge in [0.1, 0.15) is 24.1 Å². The number of aliphatic hydroxyl groups is 5. The first-order valence-corrected chi connectivity index (χ1v) is 12.1. The lowest BCUT2D eigenvalue weighted by Gasteiger charge is -2.31. The maximum atomic E-state index is 12.5. The lowest BCUT2D eigenvalue weighted by Crippen LogP contribution is -2.45. The Balaban J connectivity index is 5.06. The van der Waals surface area contributed by atoms with E-state index in [4.69, 9.17) is 14.2 Å². The monoisotopic (exact) mass is 494 g/mol. The van der Waals surface area contributed by atoms with Crippen LogP contribution in [0.1, 0.15) is 73.1 Å². The second kappa shape index (κ2) is 17.3. The molecule has 0 fully saturated rings. The Labute approximate surface area is 203 Å². The van der Waals surface area contributed by atoms with E-state index in [1.807, 2.05) is 27.7 Å². The molecule has 9 atom stereocenters. The fourth-order valence-corrected chi connectivity index (χ4v) is 3.55. The predicted molar refractivity (Wildman–Crippen MR) is 125 cm³/mol. The summed E-state index contributed by atoms with van der Waals surface area (Å²) in [4.78, 5) is 23.8. The molecular weight excluding hydrogens is 448 g/mol. The second-order valence-corrected chi connectivity index (χ2v) is 9.20. The third kappa shape index (κ3) is 12.5. The molecule has 0 aliphatic rings. The zero-order valence-electron chi connectivity index (χ0n) is 21.4. The largest absolute Gasteiger partial charge is 0.462 e. The SMILES string of the molecule is CC[C@@H](C)[C@H](CC(O)CC(C)=O)OC(=O)C[C@@H](O)C[C@H](OC(O)[C@@H](O)[C@H](CO)OC)[C@H](C)CC. The van der Waals surface area contributed by atoms with Gasteiger partial charge >= 0.3 is 5.97 Å². The normalized spacial score (nSPS) is 19.9. The highest BCUT2D eigenvalue weighted by Crippen LogP contribution is 2.23. The summed E-state index contributed by atoms with van der Waals surface area (Å²) in [5.74, 6) is -0.958. The van der Waals surface area contributed by atoms with Crippen LogP contribution >= 0.6 is 0 Å². The highest BCUT2D eigenvalue weighted by molar-refractivity contribution is 5.76. The molecule has 0 aromatic heterocycles. The second-order valence-electron chi connectivity index (χ2n) is 9.20. The quantitative estimate of drug-likeness (QED) is 0.129. The number of rotatable bonds is 19. The number of ketones is 1. The number of Topliss-reactive ketones (excluding diaryl/α,β-unsaturated/α-hetero) is 1. The summed E-state index contributed by atoms with van der Waals surface area (Å²) >= 11 is 0. The third-order valence-electron chi connectivity index (χ3n) is 6.24. The molecule has 34 heavy (non-hydrogen) atoms. The molecule has 10 heteroatoms. The Morgan fingerprint density at radius 3 is 1.79 bits per heavy atom. The van der Waals surface area contributed by atoms with Crippen LogP contribution in [-0.4, -0.2) is 93.9 Å². The van der Waals surface area contributed by atoms with Gasteiger partial charge in [0.15, 0.2) is 6.29 Å². The summed E-state index contributed by atoms with van der Waals surface area (Å²) in [5, 5.41) is 50.2. The van der Waals surface area contributed by atoms with Crippen molar-refractivity contribution in [1.29, 1.82) is 0 Å². The van der Waals surface area contributed by atoms with E-state index in [2.05, 4.69) is 0 Å². The van der Waals surface area contributed by atoms with Gasteiger partial charge in [-0.15, -0.1) is 0 Å². The minimum absolute atomic E-state index is 0.00558. The van der Waals surface area contributed by atoms with Gasteiger partial charge in [0.25, 0.3) is 0 Å². The Morgan fingerprint density at radius 1 is 0.824 bits per heavy atom. The maximum Gasteiger partial charge on any atom is 0.308 e. The van der Waals surface area contributed by atoms with Crippen molar-refractivity contribution in [3.05, 3.63) is 0 Å². The number of hydrogen-bond donors (Lipinski definition) is 5. The van der Waals surface area contributed by atoms with Gasteiger partial charge in [-0.05, 0) is 18.8 Å². The van der Waals surface area contributed by atoms with Gasteiger partial charge in [-0.2, -0.15) is 0 Å². The van der Waals surface area contributed by atoms with Crippen LogP contribution in [0.3, 0.4) is 0 Å². The number of esters is 1. The first-order chi connectivity index (χ1) is 15.9. The standard InChI is InChI=1S/C24H46O10/c1-7-14(3)19(10-17(27)9-16(5)26)33-22(29)12-18(28)11-20(15(4)8-2)34-24(31)23(30)21(13-25)32-6/h14-15,17-21,23-25,27-28,30-31H,7-13H2,1-6H3/t14-,15-,17?,18+,19+,20+,21+,23+,24?/m1/s1. The molecule has 0 amide bonds. The molecule has 202 valence electrons. The number of carbonyl (C=O) groups is 2. The molecule has 0 radical (unpaired) electrons. The van der Waals surface area contributed by atoms with Crippen LogP contribution in [0.25, 0.3) is 0 Å². The molecule has 0 aromatic carbocycles. The Bertz CT molecular complexity index is 568. The molecule has 0 rings (SSSR count). The number of ether oxygens (including phenoxy) is 3. The summed E-state index contributed by atoms with van der Waals surface area (Å²) in [5.41, 5.74) is 0. The van der Waals surface area contributed by atoms with Crippen molar-refractivity contribution < 1.29 is 49.3 Å². The molecule has 0 saturated carbocycles. The first-order valence-electron chi connectivity index (χ1n) is 12.1. The van der Waals surface area contributed by atoms with Gasteiger partial charge in [-0.25, -0.2) is 0 Å². The molecule has 0 heterocycles. The average Bonchev–Trinajstić information content (AvgIpc) is 2.76. The van der Waals surface area contributed by atoms with Gasteiger partial charge in [-0.1, -0.05) is 40.5 Å². The zero-order chi connectivity index (χ0) is 26.4. The molecule has 0 aromatic rings. The van der Waals surface area contributed by atoms with Crippen molar-refractivity contribution in [3.8, 4) is 0 Å². The maximum absolute atomic E-state index is 12.5. The third-order valence-corrected chi connectivity index (χ3v) is 6.24. The van der Waals surface area contributed by atoms with Gasteiger partial charge < -0.3 is 39.7 Å². The number of carbonyl (C=O) groups excluding carboxylic acids is 2. The highest BCUT2D eigenvalue weighted by atomic mass is 16.6. The molecular formula is C24H46O10. The van der Waals surface area contributed by atoms with Crippen LogP contribution in [0.5, 0.6) is 0 Å². The molecule has 10 nitrogen and oxygen atoms in total. The molecule has 0 bridgehead atoms. The van der Waals surface area contributed by atoms with Crippen LogP contribution in [-0.2, 0) is 23.8 Å². The first kappa shape index (κ1) is 32.9. The van der Waals surface area contributed by atoms with Gasteiger partial charge in [-0.3, -0.25) is 9.59 Å². The van der Waals surface area contributed by atoms with Crippen LogP contribution < -0.4 is 0 Å². The van der Waals surface area contributed by atoms with Gasteiger partial charge in [0.05, 0.1) is 31.3 Å². The minimum Gasteiger partial charge on any atom is -0.462 e. The minimum atomic E-state index is -1.66. The number of methoxy groups -OCH3 is 1. The summed E-state index contributed by atoms with van der Waals surface area (Å²) in [6.45, 7) is 8.43. The van der Waals surface area contributed by atoms with E-state index < -0.39 is 55.5 Å².